The summed E-state index contributed by atoms with van der Waals surface area (Å²) in [4.78, 5) is 24.7. The van der Waals surface area contributed by atoms with Gasteiger partial charge in [-0.2, -0.15) is 0 Å². The number of aromatic nitrogens is 2. The lowest BCUT2D eigenvalue weighted by Crippen LogP contribution is -2.37. The molecule has 1 aliphatic rings. The molecule has 3 heterocycles. The molecule has 1 N–H and O–H groups in total. The van der Waals surface area contributed by atoms with Crippen molar-refractivity contribution in [2.24, 2.45) is 7.05 Å². The highest BCUT2D eigenvalue weighted by atomic mass is 16.5. The molecule has 6 nitrogen and oxygen atoms in total. The molecule has 1 atom stereocenters. The van der Waals surface area contributed by atoms with E-state index in [0.717, 1.165) is 27.4 Å². The minimum absolute atomic E-state index is 0.0370. The predicted octanol–water partition coefficient (Wildman–Crippen LogP) is 1.31. The van der Waals surface area contributed by atoms with Gasteiger partial charge >= 0.3 is 0 Å². The fraction of sp³-hybridized carbons (Fsp3) is 0.333. The van der Waals surface area contributed by atoms with Gasteiger partial charge in [0.1, 0.15) is 6.61 Å². The molecule has 0 aliphatic carbocycles. The number of likely N-dealkylation sites (N-methyl/N-ethyl adjacent to an activating group) is 1. The van der Waals surface area contributed by atoms with Crippen molar-refractivity contribution in [2.45, 2.75) is 13.0 Å². The van der Waals surface area contributed by atoms with Crippen LogP contribution < -0.4 is 21.2 Å². The zero-order valence-corrected chi connectivity index (χ0v) is 13.9. The summed E-state index contributed by atoms with van der Waals surface area (Å²) in [6, 6.07) is 7.00. The van der Waals surface area contributed by atoms with Gasteiger partial charge in [-0.25, -0.2) is 0 Å². The Morgan fingerprint density at radius 2 is 2.00 bits per heavy atom. The summed E-state index contributed by atoms with van der Waals surface area (Å²) in [6.07, 6.45) is 0. The summed E-state index contributed by atoms with van der Waals surface area (Å²) < 4.78 is 9.44. The Balaban J connectivity index is 2.25. The molecular formula is C18H19N3O3. The lowest BCUT2D eigenvalue weighted by molar-refractivity contribution is 0.233. The van der Waals surface area contributed by atoms with Gasteiger partial charge in [0, 0.05) is 36.5 Å². The van der Waals surface area contributed by atoms with E-state index in [9.17, 15) is 9.59 Å². The van der Waals surface area contributed by atoms with Gasteiger partial charge in [-0.15, -0.1) is 0 Å². The van der Waals surface area contributed by atoms with E-state index < -0.39 is 0 Å². The van der Waals surface area contributed by atoms with Gasteiger partial charge in [-0.05, 0) is 31.7 Å². The normalized spacial score (nSPS) is 16.5. The van der Waals surface area contributed by atoms with Gasteiger partial charge < -0.3 is 14.6 Å². The first-order chi connectivity index (χ1) is 11.5. The van der Waals surface area contributed by atoms with Crippen LogP contribution in [-0.2, 0) is 7.05 Å². The number of pyridine rings is 2. The highest BCUT2D eigenvalue weighted by Gasteiger charge is 2.26. The summed E-state index contributed by atoms with van der Waals surface area (Å²) in [7, 11) is 3.59. The number of hydrogen-bond acceptors (Lipinski definition) is 4. The molecule has 0 saturated carbocycles. The summed E-state index contributed by atoms with van der Waals surface area (Å²) in [5, 5.41) is 5.03. The SMILES string of the molecule is CNC[C@H]1COc2c3c(ccc(=O)n3C)cc3c(C)cc(=O)n1c23. The van der Waals surface area contributed by atoms with E-state index in [1.165, 1.54) is 0 Å². The lowest BCUT2D eigenvalue weighted by Gasteiger charge is -2.30. The summed E-state index contributed by atoms with van der Waals surface area (Å²) in [5.41, 5.74) is 2.29. The molecule has 0 fully saturated rings. The van der Waals surface area contributed by atoms with Gasteiger partial charge in [0.15, 0.2) is 5.75 Å². The molecule has 6 heteroatoms. The summed E-state index contributed by atoms with van der Waals surface area (Å²) in [5.74, 6) is 0.621. The molecule has 0 saturated heterocycles. The third-order valence-electron chi connectivity index (χ3n) is 4.80. The van der Waals surface area contributed by atoms with E-state index in [2.05, 4.69) is 5.32 Å². The van der Waals surface area contributed by atoms with Gasteiger partial charge in [0.2, 0.25) is 0 Å². The van der Waals surface area contributed by atoms with E-state index in [1.54, 1.807) is 28.3 Å². The molecule has 0 unspecified atom stereocenters. The molecule has 2 aromatic heterocycles. The van der Waals surface area contributed by atoms with Gasteiger partial charge in [-0.1, -0.05) is 0 Å². The van der Waals surface area contributed by atoms with Crippen LogP contribution in [0.5, 0.6) is 5.75 Å². The Labute approximate surface area is 138 Å². The number of benzene rings is 1. The maximum atomic E-state index is 12.7. The maximum Gasteiger partial charge on any atom is 0.251 e. The molecule has 1 aromatic carbocycles. The molecule has 124 valence electrons. The van der Waals surface area contributed by atoms with Crippen LogP contribution in [0.25, 0.3) is 21.8 Å². The van der Waals surface area contributed by atoms with Crippen molar-refractivity contribution in [3.63, 3.8) is 0 Å². The van der Waals surface area contributed by atoms with Crippen molar-refractivity contribution >= 4 is 21.8 Å². The van der Waals surface area contributed by atoms with Gasteiger partial charge in [0.25, 0.3) is 11.1 Å². The Hall–Kier alpha value is -2.60. The van der Waals surface area contributed by atoms with E-state index in [1.807, 2.05) is 26.1 Å². The first kappa shape index (κ1) is 15.0. The Kier molecular flexibility index (Phi) is 3.25. The van der Waals surface area contributed by atoms with E-state index in [-0.39, 0.29) is 17.2 Å². The molecule has 24 heavy (non-hydrogen) atoms. The van der Waals surface area contributed by atoms with Gasteiger partial charge in [0.05, 0.1) is 17.1 Å². The van der Waals surface area contributed by atoms with E-state index in [4.69, 9.17) is 4.74 Å². The monoisotopic (exact) mass is 325 g/mol. The third kappa shape index (κ3) is 1.93. The third-order valence-corrected chi connectivity index (χ3v) is 4.80. The maximum absolute atomic E-state index is 12.7. The van der Waals surface area contributed by atoms with Crippen LogP contribution in [-0.4, -0.2) is 29.3 Å². The molecule has 0 bridgehead atoms. The van der Waals surface area contributed by atoms with Crippen LogP contribution in [0, 0.1) is 6.92 Å². The predicted molar refractivity (Wildman–Crippen MR) is 94.2 cm³/mol. The highest BCUT2D eigenvalue weighted by Crippen LogP contribution is 2.38. The Bertz CT molecular complexity index is 1090. The zero-order chi connectivity index (χ0) is 17.0. The largest absolute Gasteiger partial charge is 0.487 e. The summed E-state index contributed by atoms with van der Waals surface area (Å²) in [6.45, 7) is 2.97. The second-order valence-corrected chi connectivity index (χ2v) is 6.33. The van der Waals surface area contributed by atoms with Crippen LogP contribution in [0.15, 0.2) is 33.9 Å². The van der Waals surface area contributed by atoms with Crippen LogP contribution >= 0.6 is 0 Å². The number of hydrogen-bond donors (Lipinski definition) is 1. The topological polar surface area (TPSA) is 65.3 Å². The second kappa shape index (κ2) is 5.21. The first-order valence-corrected chi connectivity index (χ1v) is 7.99. The van der Waals surface area contributed by atoms with E-state index >= 15 is 0 Å². The quantitative estimate of drug-likeness (QED) is 0.722. The Morgan fingerprint density at radius 1 is 1.21 bits per heavy atom. The van der Waals surface area contributed by atoms with Crippen molar-refractivity contribution in [1.29, 1.82) is 0 Å². The number of aryl methyl sites for hydroxylation is 2. The van der Waals surface area contributed by atoms with Crippen molar-refractivity contribution in [1.82, 2.24) is 14.5 Å². The molecule has 4 rings (SSSR count). The average Bonchev–Trinajstić information content (AvgIpc) is 2.56. The van der Waals surface area contributed by atoms with Crippen LogP contribution in [0.1, 0.15) is 11.6 Å². The number of fused-ring (bicyclic) bond motifs is 2. The smallest absolute Gasteiger partial charge is 0.251 e. The number of nitrogens with zero attached hydrogens (tertiary/aromatic N) is 2. The number of nitrogens with one attached hydrogen (secondary N) is 1. The number of ether oxygens (including phenoxy) is 1. The zero-order valence-electron chi connectivity index (χ0n) is 13.9. The van der Waals surface area contributed by atoms with Crippen molar-refractivity contribution in [3.05, 3.63) is 50.5 Å². The van der Waals surface area contributed by atoms with E-state index in [0.29, 0.717) is 18.9 Å². The molecule has 0 spiro atoms. The molecule has 3 aromatic rings. The lowest BCUT2D eigenvalue weighted by atomic mass is 10.0. The second-order valence-electron chi connectivity index (χ2n) is 6.33. The first-order valence-electron chi connectivity index (χ1n) is 7.99. The molecular weight excluding hydrogens is 306 g/mol. The Morgan fingerprint density at radius 3 is 2.75 bits per heavy atom. The van der Waals surface area contributed by atoms with Crippen molar-refractivity contribution < 1.29 is 4.74 Å². The molecule has 0 radical (unpaired) electrons. The van der Waals surface area contributed by atoms with Crippen molar-refractivity contribution in [3.8, 4) is 5.75 Å². The standard InChI is InChI=1S/C18H19N3O3/c1-10-6-15(23)21-12(8-19-2)9-24-18-16-11(7-13(10)17(18)21)4-5-14(22)20(16)3/h4-7,12,19H,8-9H2,1-3H3/t12-/m0/s1. The minimum Gasteiger partial charge on any atom is -0.487 e. The molecule has 1 aliphatic heterocycles. The fourth-order valence-electron chi connectivity index (χ4n) is 3.64. The number of rotatable bonds is 2. The average molecular weight is 325 g/mol. The fourth-order valence-corrected chi connectivity index (χ4v) is 3.64. The summed E-state index contributed by atoms with van der Waals surface area (Å²) >= 11 is 0. The van der Waals surface area contributed by atoms with Crippen LogP contribution in [0.2, 0.25) is 0 Å². The molecule has 0 amide bonds. The van der Waals surface area contributed by atoms with Gasteiger partial charge in [-0.3, -0.25) is 14.2 Å². The van der Waals surface area contributed by atoms with Crippen LogP contribution in [0.4, 0.5) is 0 Å². The minimum atomic E-state index is -0.0967. The highest BCUT2D eigenvalue weighted by molar-refractivity contribution is 6.03. The van der Waals surface area contributed by atoms with Crippen LogP contribution in [0.3, 0.4) is 0 Å². The van der Waals surface area contributed by atoms with Crippen molar-refractivity contribution in [2.75, 3.05) is 20.2 Å².